The Hall–Kier alpha value is -3.56. The zero-order valence-electron chi connectivity index (χ0n) is 19.3. The molecule has 3 aromatic rings. The molecular formula is C26H27N3O5S. The van der Waals surface area contributed by atoms with Crippen molar-refractivity contribution in [1.29, 1.82) is 0 Å². The second-order valence-electron chi connectivity index (χ2n) is 8.45. The number of benzene rings is 2. The minimum Gasteiger partial charge on any atom is -0.447 e. The van der Waals surface area contributed by atoms with Crippen molar-refractivity contribution in [3.05, 3.63) is 90.3 Å². The molecular weight excluding hydrogens is 466 g/mol. The molecule has 1 aliphatic rings. The maximum absolute atomic E-state index is 13.1. The smallest absolute Gasteiger partial charge is 0.310 e. The van der Waals surface area contributed by atoms with Crippen molar-refractivity contribution in [3.63, 3.8) is 0 Å². The number of pyridine rings is 1. The average molecular weight is 494 g/mol. The Kier molecular flexibility index (Phi) is 7.57. The van der Waals surface area contributed by atoms with E-state index in [0.29, 0.717) is 24.1 Å². The predicted molar refractivity (Wildman–Crippen MR) is 131 cm³/mol. The number of carbonyl (C=O) groups excluding carboxylic acids is 2. The van der Waals surface area contributed by atoms with Crippen LogP contribution in [0.4, 0.5) is 5.69 Å². The molecule has 1 unspecified atom stereocenters. The molecule has 35 heavy (non-hydrogen) atoms. The number of sulfonamides is 1. The van der Waals surface area contributed by atoms with Gasteiger partial charge in [0.1, 0.15) is 4.90 Å². The summed E-state index contributed by atoms with van der Waals surface area (Å²) in [4.78, 5) is 30.1. The lowest BCUT2D eigenvalue weighted by Gasteiger charge is -2.30. The average Bonchev–Trinajstić information content (AvgIpc) is 2.89. The Morgan fingerprint density at radius 3 is 2.31 bits per heavy atom. The molecule has 2 heterocycles. The van der Waals surface area contributed by atoms with Crippen LogP contribution < -0.4 is 5.32 Å². The van der Waals surface area contributed by atoms with Gasteiger partial charge in [-0.15, -0.1) is 0 Å². The van der Waals surface area contributed by atoms with Gasteiger partial charge in [0.25, 0.3) is 5.91 Å². The van der Waals surface area contributed by atoms with Crippen LogP contribution in [0.15, 0.2) is 84.0 Å². The Bertz CT molecular complexity index is 1260. The Morgan fingerprint density at radius 2 is 1.69 bits per heavy atom. The number of amides is 1. The van der Waals surface area contributed by atoms with Crippen LogP contribution >= 0.6 is 0 Å². The fraction of sp³-hybridized carbons (Fsp3) is 0.269. The molecule has 1 aliphatic heterocycles. The van der Waals surface area contributed by atoms with Crippen LogP contribution in [-0.4, -0.2) is 42.7 Å². The van der Waals surface area contributed by atoms with Gasteiger partial charge in [0.2, 0.25) is 16.1 Å². The van der Waals surface area contributed by atoms with E-state index in [1.54, 1.807) is 42.5 Å². The third-order valence-electron chi connectivity index (χ3n) is 5.95. The molecule has 182 valence electrons. The number of nitrogens with one attached hydrogen (secondary N) is 1. The summed E-state index contributed by atoms with van der Waals surface area (Å²) < 4.78 is 32.7. The fourth-order valence-electron chi connectivity index (χ4n) is 3.94. The fourth-order valence-corrected chi connectivity index (χ4v) is 5.37. The summed E-state index contributed by atoms with van der Waals surface area (Å²) >= 11 is 0. The van der Waals surface area contributed by atoms with Gasteiger partial charge < -0.3 is 10.1 Å². The summed E-state index contributed by atoms with van der Waals surface area (Å²) in [7, 11) is -3.67. The number of piperidine rings is 1. The molecule has 8 nitrogen and oxygen atoms in total. The summed E-state index contributed by atoms with van der Waals surface area (Å²) in [5.74, 6) is -1.48. The highest BCUT2D eigenvalue weighted by Gasteiger charge is 2.35. The number of anilines is 1. The number of aromatic nitrogens is 1. The lowest BCUT2D eigenvalue weighted by atomic mass is 9.98. The number of esters is 1. The molecule has 9 heteroatoms. The molecule has 1 atom stereocenters. The largest absolute Gasteiger partial charge is 0.447 e. The van der Waals surface area contributed by atoms with Gasteiger partial charge >= 0.3 is 5.97 Å². The van der Waals surface area contributed by atoms with Crippen molar-refractivity contribution in [2.75, 3.05) is 18.4 Å². The monoisotopic (exact) mass is 493 g/mol. The van der Waals surface area contributed by atoms with E-state index < -0.39 is 33.9 Å². The summed E-state index contributed by atoms with van der Waals surface area (Å²) in [6, 6.07) is 19.2. The van der Waals surface area contributed by atoms with Crippen LogP contribution in [-0.2, 0) is 24.3 Å². The minimum atomic E-state index is -3.67. The highest BCUT2D eigenvalue weighted by atomic mass is 32.2. The van der Waals surface area contributed by atoms with Crippen LogP contribution in [0.5, 0.6) is 0 Å². The zero-order chi connectivity index (χ0) is 24.8. The number of rotatable bonds is 7. The summed E-state index contributed by atoms with van der Waals surface area (Å²) in [5, 5.41) is 2.81. The number of carbonyl (C=O) groups is 2. The molecule has 1 aromatic heterocycles. The molecule has 0 saturated carbocycles. The summed E-state index contributed by atoms with van der Waals surface area (Å²) in [6.45, 7) is 2.32. The van der Waals surface area contributed by atoms with Crippen LogP contribution in [0, 0.1) is 12.8 Å². The Labute approximate surface area is 205 Å². The van der Waals surface area contributed by atoms with Gasteiger partial charge in [-0.05, 0) is 44.0 Å². The molecule has 2 aromatic carbocycles. The van der Waals surface area contributed by atoms with E-state index in [-0.39, 0.29) is 18.0 Å². The third-order valence-corrected chi connectivity index (χ3v) is 7.84. The van der Waals surface area contributed by atoms with Gasteiger partial charge in [-0.25, -0.2) is 8.42 Å². The van der Waals surface area contributed by atoms with Crippen LogP contribution in [0.3, 0.4) is 0 Å². The molecule has 0 bridgehead atoms. The van der Waals surface area contributed by atoms with E-state index in [4.69, 9.17) is 4.74 Å². The topological polar surface area (TPSA) is 106 Å². The second-order valence-corrected chi connectivity index (χ2v) is 10.4. The molecule has 1 N–H and O–H groups in total. The van der Waals surface area contributed by atoms with Crippen molar-refractivity contribution >= 4 is 27.6 Å². The standard InChI is InChI=1S/C26H27N3O5S/c1-19-9-11-22(12-10-19)28-25(30)24(20-6-3-2-4-7-20)34-26(31)21-13-16-29(17-14-21)35(32,33)23-8-5-15-27-18-23/h2-12,15,18,21,24H,13-14,16-17H2,1H3,(H,28,30). The molecule has 1 saturated heterocycles. The first-order chi connectivity index (χ1) is 16.8. The summed E-state index contributed by atoms with van der Waals surface area (Å²) in [5.41, 5.74) is 2.22. The van der Waals surface area contributed by atoms with E-state index in [1.165, 1.54) is 22.8 Å². The predicted octanol–water partition coefficient (Wildman–Crippen LogP) is 3.71. The number of ether oxygens (including phenoxy) is 1. The molecule has 0 radical (unpaired) electrons. The SMILES string of the molecule is Cc1ccc(NC(=O)C(OC(=O)C2CCN(S(=O)(=O)c3cccnc3)CC2)c2ccccc2)cc1. The van der Waals surface area contributed by atoms with Crippen LogP contribution in [0.2, 0.25) is 0 Å². The number of aryl methyl sites for hydroxylation is 1. The number of hydrogen-bond acceptors (Lipinski definition) is 6. The van der Waals surface area contributed by atoms with Crippen molar-refractivity contribution in [1.82, 2.24) is 9.29 Å². The quantitative estimate of drug-likeness (QED) is 0.503. The molecule has 4 rings (SSSR count). The van der Waals surface area contributed by atoms with Crippen molar-refractivity contribution in [2.45, 2.75) is 30.8 Å². The highest BCUT2D eigenvalue weighted by Crippen LogP contribution is 2.27. The van der Waals surface area contributed by atoms with E-state index >= 15 is 0 Å². The number of nitrogens with zero attached hydrogens (tertiary/aromatic N) is 2. The third kappa shape index (κ3) is 5.93. The Balaban J connectivity index is 1.43. The van der Waals surface area contributed by atoms with Gasteiger partial charge in [0.15, 0.2) is 0 Å². The first-order valence-corrected chi connectivity index (χ1v) is 12.8. The van der Waals surface area contributed by atoms with Crippen LogP contribution in [0.1, 0.15) is 30.1 Å². The summed E-state index contributed by atoms with van der Waals surface area (Å²) in [6.07, 6.45) is 2.31. The van der Waals surface area contributed by atoms with E-state index in [1.807, 2.05) is 25.1 Å². The highest BCUT2D eigenvalue weighted by molar-refractivity contribution is 7.89. The minimum absolute atomic E-state index is 0.123. The Morgan fingerprint density at radius 1 is 1.00 bits per heavy atom. The van der Waals surface area contributed by atoms with Crippen molar-refractivity contribution in [3.8, 4) is 0 Å². The normalized spacial score (nSPS) is 15.8. The number of hydrogen-bond donors (Lipinski definition) is 1. The maximum Gasteiger partial charge on any atom is 0.310 e. The van der Waals surface area contributed by atoms with Crippen molar-refractivity contribution in [2.24, 2.45) is 5.92 Å². The first-order valence-electron chi connectivity index (χ1n) is 11.4. The van der Waals surface area contributed by atoms with E-state index in [0.717, 1.165) is 5.56 Å². The molecule has 1 fully saturated rings. The van der Waals surface area contributed by atoms with Crippen LogP contribution in [0.25, 0.3) is 0 Å². The molecule has 0 aliphatic carbocycles. The zero-order valence-corrected chi connectivity index (χ0v) is 20.1. The van der Waals surface area contributed by atoms with Gasteiger partial charge in [-0.1, -0.05) is 48.0 Å². The van der Waals surface area contributed by atoms with Gasteiger partial charge in [0.05, 0.1) is 5.92 Å². The van der Waals surface area contributed by atoms with E-state index in [9.17, 15) is 18.0 Å². The van der Waals surface area contributed by atoms with E-state index in [2.05, 4.69) is 10.3 Å². The second kappa shape index (κ2) is 10.8. The first kappa shape index (κ1) is 24.6. The lowest BCUT2D eigenvalue weighted by Crippen LogP contribution is -2.41. The van der Waals surface area contributed by atoms with Gasteiger partial charge in [0, 0.05) is 36.7 Å². The molecule has 1 amide bonds. The van der Waals surface area contributed by atoms with Gasteiger partial charge in [-0.2, -0.15) is 4.31 Å². The molecule has 0 spiro atoms. The lowest BCUT2D eigenvalue weighted by molar-refractivity contribution is -0.160. The van der Waals surface area contributed by atoms with Gasteiger partial charge in [-0.3, -0.25) is 14.6 Å². The van der Waals surface area contributed by atoms with Crippen molar-refractivity contribution < 1.29 is 22.7 Å². The maximum atomic E-state index is 13.1.